The molecule has 0 aliphatic carbocycles. The zero-order valence-electron chi connectivity index (χ0n) is 12.5. The molecule has 118 valence electrons. The number of rotatable bonds is 3. The van der Waals surface area contributed by atoms with E-state index in [1.54, 1.807) is 7.05 Å². The molecule has 1 atom stereocenters. The molecular weight excluding hydrogens is 281 g/mol. The molecule has 0 aromatic carbocycles. The van der Waals surface area contributed by atoms with E-state index in [1.165, 1.54) is 0 Å². The standard InChI is InChI=1S/C14H21F3N4/c1-18-12-7-10(14(15,16)17)8-13(19-12)21-6-4-5-11(9-21)20(2)3/h7-8,11H,4-6,9H2,1-3H3,(H,18,19). The van der Waals surface area contributed by atoms with Crippen LogP contribution in [0, 0.1) is 0 Å². The van der Waals surface area contributed by atoms with Crippen molar-refractivity contribution in [2.45, 2.75) is 25.1 Å². The molecule has 7 heteroatoms. The van der Waals surface area contributed by atoms with Gasteiger partial charge in [0.1, 0.15) is 11.6 Å². The number of anilines is 2. The van der Waals surface area contributed by atoms with Crippen molar-refractivity contribution in [3.63, 3.8) is 0 Å². The van der Waals surface area contributed by atoms with Crippen molar-refractivity contribution in [3.05, 3.63) is 17.7 Å². The van der Waals surface area contributed by atoms with Crippen molar-refractivity contribution in [3.8, 4) is 0 Å². The molecule has 2 rings (SSSR count). The molecule has 1 unspecified atom stereocenters. The molecule has 1 aliphatic rings. The van der Waals surface area contributed by atoms with Gasteiger partial charge in [0, 0.05) is 26.2 Å². The normalized spacial score (nSPS) is 20.0. The molecule has 0 radical (unpaired) electrons. The smallest absolute Gasteiger partial charge is 0.373 e. The van der Waals surface area contributed by atoms with Gasteiger partial charge in [-0.1, -0.05) is 0 Å². The summed E-state index contributed by atoms with van der Waals surface area (Å²) in [5.41, 5.74) is -0.663. The predicted molar refractivity (Wildman–Crippen MR) is 77.7 cm³/mol. The number of piperidine rings is 1. The lowest BCUT2D eigenvalue weighted by Crippen LogP contribution is -2.45. The predicted octanol–water partition coefficient (Wildman–Crippen LogP) is 2.67. The molecule has 4 nitrogen and oxygen atoms in total. The molecule has 0 spiro atoms. The van der Waals surface area contributed by atoms with Gasteiger partial charge in [0.25, 0.3) is 0 Å². The quantitative estimate of drug-likeness (QED) is 0.930. The Bertz CT molecular complexity index is 488. The van der Waals surface area contributed by atoms with Crippen LogP contribution in [0.3, 0.4) is 0 Å². The Balaban J connectivity index is 2.30. The van der Waals surface area contributed by atoms with E-state index in [0.29, 0.717) is 18.4 Å². The van der Waals surface area contributed by atoms with Crippen LogP contribution in [0.4, 0.5) is 24.8 Å². The van der Waals surface area contributed by atoms with Crippen LogP contribution >= 0.6 is 0 Å². The van der Waals surface area contributed by atoms with E-state index in [0.717, 1.165) is 31.5 Å². The van der Waals surface area contributed by atoms with Crippen LogP contribution in [0.5, 0.6) is 0 Å². The average Bonchev–Trinajstić information content (AvgIpc) is 2.46. The van der Waals surface area contributed by atoms with Crippen molar-refractivity contribution in [1.29, 1.82) is 0 Å². The monoisotopic (exact) mass is 302 g/mol. The average molecular weight is 302 g/mol. The summed E-state index contributed by atoms with van der Waals surface area (Å²) in [6.45, 7) is 1.44. The fraction of sp³-hybridized carbons (Fsp3) is 0.643. The summed E-state index contributed by atoms with van der Waals surface area (Å²) in [6, 6.07) is 2.52. The van der Waals surface area contributed by atoms with E-state index in [1.807, 2.05) is 19.0 Å². The number of nitrogens with one attached hydrogen (secondary N) is 1. The SMILES string of the molecule is CNc1cc(C(F)(F)F)cc(N2CCCC(N(C)C)C2)n1. The highest BCUT2D eigenvalue weighted by atomic mass is 19.4. The first-order chi connectivity index (χ1) is 9.81. The van der Waals surface area contributed by atoms with Gasteiger partial charge in [0.15, 0.2) is 0 Å². The molecule has 0 bridgehead atoms. The lowest BCUT2D eigenvalue weighted by molar-refractivity contribution is -0.137. The Kier molecular flexibility index (Phi) is 4.61. The summed E-state index contributed by atoms with van der Waals surface area (Å²) in [7, 11) is 5.56. The van der Waals surface area contributed by atoms with E-state index < -0.39 is 11.7 Å². The molecule has 1 N–H and O–H groups in total. The molecular formula is C14H21F3N4. The van der Waals surface area contributed by atoms with Gasteiger partial charge in [-0.2, -0.15) is 13.2 Å². The number of pyridine rings is 1. The number of halogens is 3. The second-order valence-electron chi connectivity index (χ2n) is 5.55. The topological polar surface area (TPSA) is 31.4 Å². The Morgan fingerprint density at radius 2 is 2.05 bits per heavy atom. The number of nitrogens with zero attached hydrogens (tertiary/aromatic N) is 3. The minimum Gasteiger partial charge on any atom is -0.373 e. The summed E-state index contributed by atoms with van der Waals surface area (Å²) in [6.07, 6.45) is -2.35. The maximum Gasteiger partial charge on any atom is 0.416 e. The minimum atomic E-state index is -4.36. The van der Waals surface area contributed by atoms with Crippen LogP contribution < -0.4 is 10.2 Å². The van der Waals surface area contributed by atoms with E-state index in [-0.39, 0.29) is 5.82 Å². The zero-order chi connectivity index (χ0) is 15.6. The zero-order valence-corrected chi connectivity index (χ0v) is 12.5. The van der Waals surface area contributed by atoms with Crippen LogP contribution in [0.25, 0.3) is 0 Å². The fourth-order valence-corrected chi connectivity index (χ4v) is 2.55. The maximum atomic E-state index is 13.0. The molecule has 1 aromatic heterocycles. The first-order valence-electron chi connectivity index (χ1n) is 6.99. The van der Waals surface area contributed by atoms with Gasteiger partial charge in [-0.3, -0.25) is 0 Å². The van der Waals surface area contributed by atoms with Gasteiger partial charge >= 0.3 is 6.18 Å². The number of hydrogen-bond donors (Lipinski definition) is 1. The first kappa shape index (κ1) is 15.9. The van der Waals surface area contributed by atoms with Gasteiger partial charge in [0.05, 0.1) is 5.56 Å². The van der Waals surface area contributed by atoms with Gasteiger partial charge < -0.3 is 15.1 Å². The Morgan fingerprint density at radius 3 is 2.62 bits per heavy atom. The third-order valence-corrected chi connectivity index (χ3v) is 3.85. The summed E-state index contributed by atoms with van der Waals surface area (Å²) >= 11 is 0. The molecule has 2 heterocycles. The van der Waals surface area contributed by atoms with E-state index in [2.05, 4.69) is 15.2 Å². The molecule has 1 aliphatic heterocycles. The highest BCUT2D eigenvalue weighted by Gasteiger charge is 2.33. The highest BCUT2D eigenvalue weighted by molar-refractivity contribution is 5.51. The number of aromatic nitrogens is 1. The molecule has 21 heavy (non-hydrogen) atoms. The summed E-state index contributed by atoms with van der Waals surface area (Å²) < 4.78 is 38.9. The summed E-state index contributed by atoms with van der Waals surface area (Å²) in [5.74, 6) is 0.632. The highest BCUT2D eigenvalue weighted by Crippen LogP contribution is 2.33. The first-order valence-corrected chi connectivity index (χ1v) is 6.99. The van der Waals surface area contributed by atoms with Gasteiger partial charge in [-0.25, -0.2) is 4.98 Å². The van der Waals surface area contributed by atoms with Crippen LogP contribution in [-0.4, -0.2) is 50.2 Å². The van der Waals surface area contributed by atoms with Crippen molar-refractivity contribution in [2.75, 3.05) is 44.4 Å². The van der Waals surface area contributed by atoms with Crippen LogP contribution in [0.2, 0.25) is 0 Å². The second kappa shape index (κ2) is 6.09. The lowest BCUT2D eigenvalue weighted by atomic mass is 10.0. The van der Waals surface area contributed by atoms with Crippen LogP contribution in [-0.2, 0) is 6.18 Å². The lowest BCUT2D eigenvalue weighted by Gasteiger charge is -2.37. The van der Waals surface area contributed by atoms with E-state index in [9.17, 15) is 13.2 Å². The third-order valence-electron chi connectivity index (χ3n) is 3.85. The van der Waals surface area contributed by atoms with Crippen molar-refractivity contribution < 1.29 is 13.2 Å². The Hall–Kier alpha value is -1.50. The minimum absolute atomic E-state index is 0.242. The summed E-state index contributed by atoms with van der Waals surface area (Å²) in [5, 5.41) is 2.70. The van der Waals surface area contributed by atoms with Gasteiger partial charge in [0.2, 0.25) is 0 Å². The molecule has 0 amide bonds. The number of alkyl halides is 3. The van der Waals surface area contributed by atoms with Crippen molar-refractivity contribution >= 4 is 11.6 Å². The fourth-order valence-electron chi connectivity index (χ4n) is 2.55. The molecule has 1 saturated heterocycles. The van der Waals surface area contributed by atoms with Crippen LogP contribution in [0.15, 0.2) is 12.1 Å². The largest absolute Gasteiger partial charge is 0.416 e. The Morgan fingerprint density at radius 1 is 1.33 bits per heavy atom. The van der Waals surface area contributed by atoms with E-state index in [4.69, 9.17) is 0 Å². The third kappa shape index (κ3) is 3.78. The molecule has 1 fully saturated rings. The summed E-state index contributed by atoms with van der Waals surface area (Å²) in [4.78, 5) is 8.32. The maximum absolute atomic E-state index is 13.0. The van der Waals surface area contributed by atoms with Crippen molar-refractivity contribution in [2.24, 2.45) is 0 Å². The van der Waals surface area contributed by atoms with Gasteiger partial charge in [-0.15, -0.1) is 0 Å². The van der Waals surface area contributed by atoms with Crippen molar-refractivity contribution in [1.82, 2.24) is 9.88 Å². The van der Waals surface area contributed by atoms with Crippen LogP contribution in [0.1, 0.15) is 18.4 Å². The number of likely N-dealkylation sites (N-methyl/N-ethyl adjacent to an activating group) is 1. The number of hydrogen-bond acceptors (Lipinski definition) is 4. The Labute approximate surface area is 122 Å². The van der Waals surface area contributed by atoms with Gasteiger partial charge in [-0.05, 0) is 39.1 Å². The molecule has 1 aromatic rings. The second-order valence-corrected chi connectivity index (χ2v) is 5.55. The molecule has 0 saturated carbocycles. The van der Waals surface area contributed by atoms with E-state index >= 15 is 0 Å².